The lowest BCUT2D eigenvalue weighted by molar-refractivity contribution is -0.139. The van der Waals surface area contributed by atoms with Gasteiger partial charge >= 0.3 is 5.97 Å². The highest BCUT2D eigenvalue weighted by atomic mass is 19.3. The molecule has 1 N–H and O–H groups in total. The SMILES string of the molecule is CCc1nc(-c2nnn(C)c2Cn2ncc(CC3CC3)n2)ccc1N1C[C@@H](CC(=O)O)CC(F)(F)C1. The number of rotatable bonds is 9. The van der Waals surface area contributed by atoms with Crippen molar-refractivity contribution in [2.24, 2.45) is 18.9 Å². The maximum Gasteiger partial charge on any atom is 0.303 e. The molecule has 0 bridgehead atoms. The summed E-state index contributed by atoms with van der Waals surface area (Å²) in [5, 5.41) is 26.6. The van der Waals surface area contributed by atoms with Crippen LogP contribution in [-0.2, 0) is 31.2 Å². The van der Waals surface area contributed by atoms with E-state index < -0.39 is 30.8 Å². The van der Waals surface area contributed by atoms with Gasteiger partial charge in [-0.2, -0.15) is 15.0 Å². The van der Waals surface area contributed by atoms with E-state index in [1.165, 1.54) is 12.8 Å². The molecule has 1 saturated carbocycles. The summed E-state index contributed by atoms with van der Waals surface area (Å²) < 4.78 is 30.6. The zero-order valence-corrected chi connectivity index (χ0v) is 20.4. The minimum absolute atomic E-state index is 0.250. The van der Waals surface area contributed by atoms with Crippen LogP contribution >= 0.6 is 0 Å². The average Bonchev–Trinajstić information content (AvgIpc) is 3.40. The monoisotopic (exact) mass is 500 g/mol. The first-order valence-electron chi connectivity index (χ1n) is 12.3. The number of aliphatic carboxylic acids is 1. The highest BCUT2D eigenvalue weighted by Gasteiger charge is 2.41. The Morgan fingerprint density at radius 3 is 2.78 bits per heavy atom. The van der Waals surface area contributed by atoms with Gasteiger partial charge < -0.3 is 10.0 Å². The number of hydrogen-bond donors (Lipinski definition) is 1. The molecule has 0 unspecified atom stereocenters. The molecule has 0 aromatic carbocycles. The predicted octanol–water partition coefficient (Wildman–Crippen LogP) is 2.97. The Kier molecular flexibility index (Phi) is 6.44. The lowest BCUT2D eigenvalue weighted by Crippen LogP contribution is -2.48. The fraction of sp³-hybridized carbons (Fsp3) is 0.583. The Morgan fingerprint density at radius 2 is 2.06 bits per heavy atom. The zero-order chi connectivity index (χ0) is 25.4. The number of pyridine rings is 1. The first-order valence-corrected chi connectivity index (χ1v) is 12.3. The van der Waals surface area contributed by atoms with E-state index in [0.29, 0.717) is 35.7 Å². The third-order valence-electron chi connectivity index (χ3n) is 6.83. The van der Waals surface area contributed by atoms with Crippen molar-refractivity contribution in [3.05, 3.63) is 35.4 Å². The van der Waals surface area contributed by atoms with Gasteiger partial charge in [-0.05, 0) is 49.7 Å². The van der Waals surface area contributed by atoms with Crippen LogP contribution < -0.4 is 4.90 Å². The summed E-state index contributed by atoms with van der Waals surface area (Å²) in [6, 6.07) is 3.54. The number of hydrogen-bond acceptors (Lipinski definition) is 7. The second-order valence-corrected chi connectivity index (χ2v) is 9.94. The fourth-order valence-electron chi connectivity index (χ4n) is 4.96. The van der Waals surface area contributed by atoms with E-state index in [4.69, 9.17) is 10.1 Å². The number of nitrogens with zero attached hydrogens (tertiary/aromatic N) is 8. The van der Waals surface area contributed by atoms with E-state index in [1.807, 2.05) is 6.92 Å². The van der Waals surface area contributed by atoms with Crippen LogP contribution in [-0.4, -0.2) is 65.1 Å². The van der Waals surface area contributed by atoms with Crippen LogP contribution in [0.5, 0.6) is 0 Å². The molecule has 192 valence electrons. The molecule has 1 aliphatic heterocycles. The summed E-state index contributed by atoms with van der Waals surface area (Å²) in [5.41, 5.74) is 4.20. The largest absolute Gasteiger partial charge is 0.481 e. The summed E-state index contributed by atoms with van der Waals surface area (Å²) in [6.45, 7) is 2.09. The highest BCUT2D eigenvalue weighted by Crippen LogP contribution is 2.36. The summed E-state index contributed by atoms with van der Waals surface area (Å²) in [6.07, 6.45) is 5.06. The van der Waals surface area contributed by atoms with Gasteiger partial charge in [0.2, 0.25) is 0 Å². The van der Waals surface area contributed by atoms with Crippen molar-refractivity contribution >= 4 is 11.7 Å². The molecule has 3 aromatic rings. The number of halogens is 2. The van der Waals surface area contributed by atoms with Crippen molar-refractivity contribution in [2.45, 2.75) is 57.9 Å². The number of carboxylic acid groups (broad SMARTS) is 1. The van der Waals surface area contributed by atoms with E-state index >= 15 is 0 Å². The minimum atomic E-state index is -2.96. The van der Waals surface area contributed by atoms with Gasteiger partial charge in [-0.25, -0.2) is 18.4 Å². The number of carboxylic acids is 1. The summed E-state index contributed by atoms with van der Waals surface area (Å²) >= 11 is 0. The maximum atomic E-state index is 14.5. The van der Waals surface area contributed by atoms with Gasteiger partial charge in [0.15, 0.2) is 0 Å². The molecule has 10 nitrogen and oxygen atoms in total. The molecule has 1 saturated heterocycles. The van der Waals surface area contributed by atoms with Crippen molar-refractivity contribution in [1.82, 2.24) is 35.0 Å². The average molecular weight is 501 g/mol. The fourth-order valence-corrected chi connectivity index (χ4v) is 4.96. The number of carbonyl (C=O) groups is 1. The van der Waals surface area contributed by atoms with Crippen molar-refractivity contribution in [1.29, 1.82) is 0 Å². The number of piperidine rings is 1. The van der Waals surface area contributed by atoms with Crippen LogP contribution in [0.25, 0.3) is 11.4 Å². The van der Waals surface area contributed by atoms with E-state index in [0.717, 1.165) is 23.7 Å². The topological polar surface area (TPSA) is 115 Å². The van der Waals surface area contributed by atoms with Gasteiger partial charge in [0, 0.05) is 20.0 Å². The normalized spacial score (nSPS) is 19.6. The standard InChI is InChI=1S/C24H30F2N8O2/c1-3-18-20(33-12-16(9-22(35)36)10-24(25,26)14-33)7-6-19(28-18)23-21(32(2)31-29-23)13-34-27-11-17(30-34)8-15-4-5-15/h6-7,11,15-16H,3-5,8-10,12-14H2,1-2H3,(H,35,36)/t16-/m0/s1. The zero-order valence-electron chi connectivity index (χ0n) is 20.4. The molecule has 36 heavy (non-hydrogen) atoms. The second kappa shape index (κ2) is 9.55. The van der Waals surface area contributed by atoms with E-state index in [-0.39, 0.29) is 13.0 Å². The van der Waals surface area contributed by atoms with Crippen molar-refractivity contribution in [3.63, 3.8) is 0 Å². The Hall–Kier alpha value is -3.44. The van der Waals surface area contributed by atoms with Crippen LogP contribution in [0.4, 0.5) is 14.5 Å². The predicted molar refractivity (Wildman–Crippen MR) is 127 cm³/mol. The molecule has 4 heterocycles. The number of aryl methyl sites for hydroxylation is 2. The van der Waals surface area contributed by atoms with Crippen LogP contribution in [0.1, 0.15) is 49.7 Å². The summed E-state index contributed by atoms with van der Waals surface area (Å²) in [5.74, 6) is -3.94. The van der Waals surface area contributed by atoms with Crippen LogP contribution in [0.15, 0.2) is 18.3 Å². The van der Waals surface area contributed by atoms with Crippen LogP contribution in [0, 0.1) is 11.8 Å². The van der Waals surface area contributed by atoms with Gasteiger partial charge in [0.05, 0.1) is 47.6 Å². The van der Waals surface area contributed by atoms with Gasteiger partial charge in [-0.15, -0.1) is 5.10 Å². The van der Waals surface area contributed by atoms with Crippen molar-refractivity contribution < 1.29 is 18.7 Å². The molecule has 5 rings (SSSR count). The third-order valence-corrected chi connectivity index (χ3v) is 6.83. The van der Waals surface area contributed by atoms with Gasteiger partial charge in [0.25, 0.3) is 5.92 Å². The molecular weight excluding hydrogens is 470 g/mol. The van der Waals surface area contributed by atoms with Gasteiger partial charge in [-0.1, -0.05) is 12.1 Å². The molecule has 2 fully saturated rings. The Labute approximate surface area is 207 Å². The molecular formula is C24H30F2N8O2. The second-order valence-electron chi connectivity index (χ2n) is 9.94. The van der Waals surface area contributed by atoms with Crippen LogP contribution in [0.3, 0.4) is 0 Å². The minimum Gasteiger partial charge on any atom is -0.481 e. The lowest BCUT2D eigenvalue weighted by Gasteiger charge is -2.39. The smallest absolute Gasteiger partial charge is 0.303 e. The van der Waals surface area contributed by atoms with Crippen molar-refractivity contribution in [3.8, 4) is 11.4 Å². The maximum absolute atomic E-state index is 14.5. The van der Waals surface area contributed by atoms with Gasteiger partial charge in [-0.3, -0.25) is 4.79 Å². The molecule has 0 amide bonds. The quantitative estimate of drug-likeness (QED) is 0.477. The first-order chi connectivity index (χ1) is 17.2. The van der Waals surface area contributed by atoms with E-state index in [1.54, 1.807) is 39.8 Å². The molecule has 12 heteroatoms. The summed E-state index contributed by atoms with van der Waals surface area (Å²) in [4.78, 5) is 19.1. The van der Waals surface area contributed by atoms with Gasteiger partial charge in [0.1, 0.15) is 12.2 Å². The number of alkyl halides is 2. The van der Waals surface area contributed by atoms with Crippen LogP contribution in [0.2, 0.25) is 0 Å². The van der Waals surface area contributed by atoms with E-state index in [9.17, 15) is 13.6 Å². The van der Waals surface area contributed by atoms with Crippen molar-refractivity contribution in [2.75, 3.05) is 18.0 Å². The lowest BCUT2D eigenvalue weighted by atomic mass is 9.91. The Morgan fingerprint density at radius 1 is 1.25 bits per heavy atom. The molecule has 0 radical (unpaired) electrons. The molecule has 1 atom stereocenters. The summed E-state index contributed by atoms with van der Waals surface area (Å²) in [7, 11) is 1.80. The highest BCUT2D eigenvalue weighted by molar-refractivity contribution is 5.67. The number of aromatic nitrogens is 7. The first kappa shape index (κ1) is 24.3. The molecule has 0 spiro atoms. The Balaban J connectivity index is 1.40. The Bertz CT molecular complexity index is 1250. The molecule has 3 aromatic heterocycles. The number of anilines is 1. The third kappa shape index (κ3) is 5.36. The molecule has 1 aliphatic carbocycles. The van der Waals surface area contributed by atoms with E-state index in [2.05, 4.69) is 20.5 Å². The molecule has 2 aliphatic rings.